The summed E-state index contributed by atoms with van der Waals surface area (Å²) in [6, 6.07) is 7.07. The maximum atomic E-state index is 12.1. The third kappa shape index (κ3) is 4.92. The van der Waals surface area contributed by atoms with Gasteiger partial charge in [0.1, 0.15) is 17.2 Å². The molecule has 1 aromatic heterocycles. The molecule has 2 rings (SSSR count). The van der Waals surface area contributed by atoms with Crippen LogP contribution in [-0.4, -0.2) is 35.5 Å². The molecule has 2 amide bonds. The molecule has 0 aliphatic heterocycles. The maximum Gasteiger partial charge on any atom is 0.349 e. The predicted octanol–water partition coefficient (Wildman–Crippen LogP) is 1.14. The summed E-state index contributed by atoms with van der Waals surface area (Å²) >= 11 is 0. The number of amides is 2. The summed E-state index contributed by atoms with van der Waals surface area (Å²) in [4.78, 5) is 47.1. The van der Waals surface area contributed by atoms with Crippen LogP contribution in [0.2, 0.25) is 0 Å². The van der Waals surface area contributed by atoms with Crippen molar-refractivity contribution in [2.75, 3.05) is 6.54 Å². The first-order valence-corrected chi connectivity index (χ1v) is 8.11. The number of hydrogen-bond donors (Lipinski definition) is 3. The lowest BCUT2D eigenvalue weighted by molar-refractivity contribution is -0.142. The Bertz CT molecular complexity index is 887. The SMILES string of the molecule is CC(C)C[C@@H](NC(=O)CNC(=O)c1cc2ccccc2oc1=O)C(=O)O. The second-order valence-corrected chi connectivity index (χ2v) is 6.26. The van der Waals surface area contributed by atoms with E-state index in [1.54, 1.807) is 24.3 Å². The molecule has 8 nitrogen and oxygen atoms in total. The van der Waals surface area contributed by atoms with Crippen molar-refractivity contribution in [2.45, 2.75) is 26.3 Å². The van der Waals surface area contributed by atoms with Crippen LogP contribution in [0.1, 0.15) is 30.6 Å². The number of para-hydroxylation sites is 1. The number of hydrogen-bond acceptors (Lipinski definition) is 5. The smallest absolute Gasteiger partial charge is 0.349 e. The average molecular weight is 360 g/mol. The zero-order chi connectivity index (χ0) is 19.3. The molecule has 0 fully saturated rings. The molecule has 0 aliphatic rings. The Morgan fingerprint density at radius 1 is 1.19 bits per heavy atom. The summed E-state index contributed by atoms with van der Waals surface area (Å²) in [5.74, 6) is -2.49. The van der Waals surface area contributed by atoms with Gasteiger partial charge in [-0.2, -0.15) is 0 Å². The molecule has 0 saturated heterocycles. The fourth-order valence-corrected chi connectivity index (χ4v) is 2.41. The Morgan fingerprint density at radius 3 is 2.54 bits per heavy atom. The summed E-state index contributed by atoms with van der Waals surface area (Å²) in [5, 5.41) is 14.3. The van der Waals surface area contributed by atoms with Crippen LogP contribution in [0.15, 0.2) is 39.5 Å². The van der Waals surface area contributed by atoms with Crippen molar-refractivity contribution < 1.29 is 23.9 Å². The van der Waals surface area contributed by atoms with E-state index in [-0.39, 0.29) is 17.9 Å². The third-order valence-electron chi connectivity index (χ3n) is 3.64. The minimum absolute atomic E-state index is 0.0771. The van der Waals surface area contributed by atoms with Crippen molar-refractivity contribution in [3.63, 3.8) is 0 Å². The molecule has 138 valence electrons. The third-order valence-corrected chi connectivity index (χ3v) is 3.64. The number of carbonyl (C=O) groups excluding carboxylic acids is 2. The molecule has 1 heterocycles. The Kier molecular flexibility index (Phi) is 6.11. The number of fused-ring (bicyclic) bond motifs is 1. The Morgan fingerprint density at radius 2 is 1.88 bits per heavy atom. The number of carbonyl (C=O) groups is 3. The molecular formula is C18H20N2O6. The Balaban J connectivity index is 2.02. The number of carboxylic acid groups (broad SMARTS) is 1. The van der Waals surface area contributed by atoms with Crippen LogP contribution in [0, 0.1) is 5.92 Å². The molecule has 8 heteroatoms. The van der Waals surface area contributed by atoms with Crippen LogP contribution in [0.3, 0.4) is 0 Å². The van der Waals surface area contributed by atoms with Gasteiger partial charge < -0.3 is 20.2 Å². The standard InChI is InChI=1S/C18H20N2O6/c1-10(2)7-13(17(23)24)20-15(21)9-19-16(22)12-8-11-5-3-4-6-14(11)26-18(12)25/h3-6,8,10,13H,7,9H2,1-2H3,(H,19,22)(H,20,21)(H,23,24)/t13-/m1/s1. The van der Waals surface area contributed by atoms with E-state index in [2.05, 4.69) is 10.6 Å². The van der Waals surface area contributed by atoms with Crippen LogP contribution in [0.25, 0.3) is 11.0 Å². The normalized spacial score (nSPS) is 12.0. The number of benzene rings is 1. The van der Waals surface area contributed by atoms with Gasteiger partial charge in [-0.15, -0.1) is 0 Å². The Labute approximate surface area is 149 Å². The summed E-state index contributed by atoms with van der Waals surface area (Å²) in [7, 11) is 0. The predicted molar refractivity (Wildman–Crippen MR) is 93.8 cm³/mol. The molecule has 0 unspecified atom stereocenters. The second kappa shape index (κ2) is 8.28. The van der Waals surface area contributed by atoms with Crippen LogP contribution in [-0.2, 0) is 9.59 Å². The molecule has 0 radical (unpaired) electrons. The quantitative estimate of drug-likeness (QED) is 0.636. The number of carboxylic acids is 1. The zero-order valence-electron chi connectivity index (χ0n) is 14.4. The topological polar surface area (TPSA) is 126 Å². The van der Waals surface area contributed by atoms with Gasteiger partial charge in [-0.25, -0.2) is 9.59 Å². The van der Waals surface area contributed by atoms with Crippen molar-refractivity contribution >= 4 is 28.8 Å². The van der Waals surface area contributed by atoms with Gasteiger partial charge in [0.2, 0.25) is 5.91 Å². The van der Waals surface area contributed by atoms with Gasteiger partial charge in [-0.05, 0) is 24.5 Å². The monoisotopic (exact) mass is 360 g/mol. The molecule has 0 saturated carbocycles. The zero-order valence-corrected chi connectivity index (χ0v) is 14.4. The lowest BCUT2D eigenvalue weighted by atomic mass is 10.0. The first-order valence-electron chi connectivity index (χ1n) is 8.11. The van der Waals surface area contributed by atoms with Crippen molar-refractivity contribution in [3.05, 3.63) is 46.3 Å². The maximum absolute atomic E-state index is 12.1. The van der Waals surface area contributed by atoms with E-state index in [1.165, 1.54) is 6.07 Å². The van der Waals surface area contributed by atoms with Gasteiger partial charge in [-0.1, -0.05) is 32.0 Å². The molecule has 3 N–H and O–H groups in total. The van der Waals surface area contributed by atoms with Crippen LogP contribution in [0.5, 0.6) is 0 Å². The summed E-state index contributed by atoms with van der Waals surface area (Å²) in [6.07, 6.45) is 0.267. The van der Waals surface area contributed by atoms with Crippen molar-refractivity contribution in [1.29, 1.82) is 0 Å². The summed E-state index contributed by atoms with van der Waals surface area (Å²) in [5.41, 5.74) is -0.692. The van der Waals surface area contributed by atoms with E-state index >= 15 is 0 Å². The highest BCUT2D eigenvalue weighted by Gasteiger charge is 2.21. The second-order valence-electron chi connectivity index (χ2n) is 6.26. The van der Waals surface area contributed by atoms with Crippen LogP contribution < -0.4 is 16.3 Å². The molecule has 1 aromatic carbocycles. The lowest BCUT2D eigenvalue weighted by Gasteiger charge is -2.16. The van der Waals surface area contributed by atoms with E-state index in [1.807, 2.05) is 13.8 Å². The van der Waals surface area contributed by atoms with Gasteiger partial charge in [-0.3, -0.25) is 9.59 Å². The minimum Gasteiger partial charge on any atom is -0.480 e. The lowest BCUT2D eigenvalue weighted by Crippen LogP contribution is -2.46. The number of nitrogens with one attached hydrogen (secondary N) is 2. The highest BCUT2D eigenvalue weighted by molar-refractivity contribution is 5.98. The first-order chi connectivity index (χ1) is 12.3. The first kappa shape index (κ1) is 19.2. The fourth-order valence-electron chi connectivity index (χ4n) is 2.41. The van der Waals surface area contributed by atoms with Gasteiger partial charge in [0.15, 0.2) is 0 Å². The largest absolute Gasteiger partial charge is 0.480 e. The molecule has 0 spiro atoms. The van der Waals surface area contributed by atoms with E-state index < -0.39 is 36.0 Å². The van der Waals surface area contributed by atoms with E-state index in [0.29, 0.717) is 11.0 Å². The van der Waals surface area contributed by atoms with E-state index in [4.69, 9.17) is 9.52 Å². The van der Waals surface area contributed by atoms with Gasteiger partial charge in [0.05, 0.1) is 6.54 Å². The molecule has 0 aliphatic carbocycles. The molecule has 26 heavy (non-hydrogen) atoms. The molecular weight excluding hydrogens is 340 g/mol. The van der Waals surface area contributed by atoms with Gasteiger partial charge in [0.25, 0.3) is 5.91 Å². The average Bonchev–Trinajstić information content (AvgIpc) is 2.58. The molecule has 0 bridgehead atoms. The summed E-state index contributed by atoms with van der Waals surface area (Å²) in [6.45, 7) is 3.22. The van der Waals surface area contributed by atoms with Crippen molar-refractivity contribution in [3.8, 4) is 0 Å². The highest BCUT2D eigenvalue weighted by atomic mass is 16.4. The number of rotatable bonds is 7. The number of aliphatic carboxylic acids is 1. The Hall–Kier alpha value is -3.16. The fraction of sp³-hybridized carbons (Fsp3) is 0.333. The summed E-state index contributed by atoms with van der Waals surface area (Å²) < 4.78 is 5.07. The van der Waals surface area contributed by atoms with Crippen molar-refractivity contribution in [2.24, 2.45) is 5.92 Å². The molecule has 2 aromatic rings. The van der Waals surface area contributed by atoms with E-state index in [0.717, 1.165) is 0 Å². The van der Waals surface area contributed by atoms with Crippen molar-refractivity contribution in [1.82, 2.24) is 10.6 Å². The minimum atomic E-state index is -1.14. The van der Waals surface area contributed by atoms with Gasteiger partial charge >= 0.3 is 11.6 Å². The van der Waals surface area contributed by atoms with Crippen LogP contribution in [0.4, 0.5) is 0 Å². The van der Waals surface area contributed by atoms with Crippen LogP contribution >= 0.6 is 0 Å². The molecule has 1 atom stereocenters. The van der Waals surface area contributed by atoms with Gasteiger partial charge in [0, 0.05) is 5.39 Å². The highest BCUT2D eigenvalue weighted by Crippen LogP contribution is 2.12. The van der Waals surface area contributed by atoms with E-state index in [9.17, 15) is 19.2 Å².